The van der Waals surface area contributed by atoms with Gasteiger partial charge in [0.05, 0.1) is 7.11 Å². The third kappa shape index (κ3) is 2.76. The molecule has 2 aromatic rings. The molecule has 21 heavy (non-hydrogen) atoms. The van der Waals surface area contributed by atoms with Gasteiger partial charge >= 0.3 is 0 Å². The Bertz CT molecular complexity index is 677. The van der Waals surface area contributed by atoms with Gasteiger partial charge in [-0.1, -0.05) is 15.9 Å². The summed E-state index contributed by atoms with van der Waals surface area (Å²) in [4.78, 5) is 0. The average molecular weight is 352 g/mol. The van der Waals surface area contributed by atoms with E-state index in [-0.39, 0.29) is 18.0 Å². The van der Waals surface area contributed by atoms with Crippen LogP contribution in [-0.4, -0.2) is 7.11 Å². The van der Waals surface area contributed by atoms with Gasteiger partial charge in [0.1, 0.15) is 23.4 Å². The van der Waals surface area contributed by atoms with E-state index in [1.807, 2.05) is 18.2 Å². The van der Waals surface area contributed by atoms with Crippen LogP contribution >= 0.6 is 15.9 Å². The Labute approximate surface area is 131 Å². The van der Waals surface area contributed by atoms with Crippen LogP contribution in [0.5, 0.6) is 11.5 Å². The van der Waals surface area contributed by atoms with Crippen molar-refractivity contribution in [1.82, 2.24) is 0 Å². The molecule has 0 radical (unpaired) electrons. The molecule has 0 saturated heterocycles. The van der Waals surface area contributed by atoms with Crippen LogP contribution in [0.15, 0.2) is 40.9 Å². The van der Waals surface area contributed by atoms with E-state index in [2.05, 4.69) is 15.9 Å². The largest absolute Gasteiger partial charge is 0.497 e. The highest BCUT2D eigenvalue weighted by molar-refractivity contribution is 9.10. The standard InChI is InChI=1S/C16H15BrFNO2/c1-20-10-3-4-13(17)11(7-10)16-8-14(19)12-6-9(18)2-5-15(12)21-16/h2-7,14,16H,8,19H2,1H3/t14-,16?/m1/s1. The van der Waals surface area contributed by atoms with Crippen LogP contribution in [0.3, 0.4) is 0 Å². The number of fused-ring (bicyclic) bond motifs is 1. The maximum atomic E-state index is 13.3. The predicted molar refractivity (Wildman–Crippen MR) is 82.0 cm³/mol. The van der Waals surface area contributed by atoms with Gasteiger partial charge in [-0.2, -0.15) is 0 Å². The summed E-state index contributed by atoms with van der Waals surface area (Å²) in [5, 5.41) is 0. The molecule has 1 unspecified atom stereocenters. The Morgan fingerprint density at radius 1 is 1.24 bits per heavy atom. The van der Waals surface area contributed by atoms with Crippen molar-refractivity contribution in [1.29, 1.82) is 0 Å². The lowest BCUT2D eigenvalue weighted by Crippen LogP contribution is -2.24. The van der Waals surface area contributed by atoms with Crippen molar-refractivity contribution in [3.05, 3.63) is 57.8 Å². The molecule has 2 N–H and O–H groups in total. The zero-order chi connectivity index (χ0) is 15.0. The first kappa shape index (κ1) is 14.4. The zero-order valence-electron chi connectivity index (χ0n) is 11.5. The molecular formula is C16H15BrFNO2. The lowest BCUT2D eigenvalue weighted by atomic mass is 9.93. The molecule has 3 rings (SSSR count). The van der Waals surface area contributed by atoms with Crippen molar-refractivity contribution in [3.63, 3.8) is 0 Å². The Morgan fingerprint density at radius 3 is 2.81 bits per heavy atom. The van der Waals surface area contributed by atoms with Crippen molar-refractivity contribution in [3.8, 4) is 11.5 Å². The average Bonchev–Trinajstić information content (AvgIpc) is 2.48. The summed E-state index contributed by atoms with van der Waals surface area (Å²) in [6.07, 6.45) is 0.393. The molecule has 0 amide bonds. The second-order valence-corrected chi connectivity index (χ2v) is 5.87. The highest BCUT2D eigenvalue weighted by atomic mass is 79.9. The van der Waals surface area contributed by atoms with E-state index in [1.54, 1.807) is 13.2 Å². The Balaban J connectivity index is 1.97. The maximum Gasteiger partial charge on any atom is 0.127 e. The molecule has 1 aliphatic rings. The van der Waals surface area contributed by atoms with Gasteiger partial charge in [-0.05, 0) is 36.4 Å². The molecule has 0 bridgehead atoms. The predicted octanol–water partition coefficient (Wildman–Crippen LogP) is 4.12. The van der Waals surface area contributed by atoms with Gasteiger partial charge < -0.3 is 15.2 Å². The number of benzene rings is 2. The van der Waals surface area contributed by atoms with E-state index in [0.29, 0.717) is 17.7 Å². The lowest BCUT2D eigenvalue weighted by molar-refractivity contribution is 0.160. The van der Waals surface area contributed by atoms with Crippen LogP contribution in [-0.2, 0) is 0 Å². The second kappa shape index (κ2) is 5.66. The van der Waals surface area contributed by atoms with Crippen molar-refractivity contribution >= 4 is 15.9 Å². The molecule has 3 nitrogen and oxygen atoms in total. The van der Waals surface area contributed by atoms with Crippen LogP contribution < -0.4 is 15.2 Å². The fourth-order valence-corrected chi connectivity index (χ4v) is 3.06. The fraction of sp³-hybridized carbons (Fsp3) is 0.250. The minimum Gasteiger partial charge on any atom is -0.497 e. The van der Waals surface area contributed by atoms with E-state index < -0.39 is 0 Å². The quantitative estimate of drug-likeness (QED) is 0.884. The first-order valence-corrected chi connectivity index (χ1v) is 7.43. The van der Waals surface area contributed by atoms with Gasteiger partial charge in [-0.3, -0.25) is 0 Å². The van der Waals surface area contributed by atoms with E-state index in [1.165, 1.54) is 12.1 Å². The van der Waals surface area contributed by atoms with Crippen LogP contribution in [0.2, 0.25) is 0 Å². The minimum absolute atomic E-state index is 0.192. The molecule has 2 aromatic carbocycles. The van der Waals surface area contributed by atoms with Gasteiger partial charge in [-0.15, -0.1) is 0 Å². The van der Waals surface area contributed by atoms with E-state index in [4.69, 9.17) is 15.2 Å². The van der Waals surface area contributed by atoms with Gasteiger partial charge in [0, 0.05) is 28.1 Å². The van der Waals surface area contributed by atoms with Crippen molar-refractivity contribution < 1.29 is 13.9 Å². The van der Waals surface area contributed by atoms with Gasteiger partial charge in [-0.25, -0.2) is 4.39 Å². The minimum atomic E-state index is -0.297. The molecule has 1 aliphatic heterocycles. The van der Waals surface area contributed by atoms with E-state index in [9.17, 15) is 4.39 Å². The Morgan fingerprint density at radius 2 is 2.05 bits per heavy atom. The van der Waals surface area contributed by atoms with E-state index in [0.717, 1.165) is 15.8 Å². The summed E-state index contributed by atoms with van der Waals surface area (Å²) >= 11 is 3.53. The SMILES string of the molecule is COc1ccc(Br)c(C2C[C@@H](N)c3cc(F)ccc3O2)c1. The van der Waals surface area contributed by atoms with Crippen molar-refractivity contribution in [2.45, 2.75) is 18.6 Å². The number of halogens is 2. The summed E-state index contributed by atoms with van der Waals surface area (Å²) in [7, 11) is 1.62. The third-order valence-corrected chi connectivity index (χ3v) is 4.38. The first-order chi connectivity index (χ1) is 10.1. The summed E-state index contributed by atoms with van der Waals surface area (Å²) in [6, 6.07) is 9.92. The third-order valence-electron chi connectivity index (χ3n) is 3.66. The van der Waals surface area contributed by atoms with Crippen LogP contribution in [0.1, 0.15) is 29.7 Å². The highest BCUT2D eigenvalue weighted by Crippen LogP contribution is 2.42. The van der Waals surface area contributed by atoms with Crippen molar-refractivity contribution in [2.75, 3.05) is 7.11 Å². The van der Waals surface area contributed by atoms with Crippen LogP contribution in [0.25, 0.3) is 0 Å². The number of nitrogens with two attached hydrogens (primary N) is 1. The smallest absolute Gasteiger partial charge is 0.127 e. The topological polar surface area (TPSA) is 44.5 Å². The summed E-state index contributed by atoms with van der Waals surface area (Å²) in [5.74, 6) is 1.10. The molecule has 1 heterocycles. The summed E-state index contributed by atoms with van der Waals surface area (Å²) in [6.45, 7) is 0. The molecule has 0 fully saturated rings. The molecule has 0 aromatic heterocycles. The summed E-state index contributed by atoms with van der Waals surface area (Å²) in [5.41, 5.74) is 7.86. The lowest BCUT2D eigenvalue weighted by Gasteiger charge is -2.31. The fourth-order valence-electron chi connectivity index (χ4n) is 2.56. The second-order valence-electron chi connectivity index (χ2n) is 5.02. The maximum absolute atomic E-state index is 13.3. The van der Waals surface area contributed by atoms with Gasteiger partial charge in [0.15, 0.2) is 0 Å². The number of hydrogen-bond donors (Lipinski definition) is 1. The zero-order valence-corrected chi connectivity index (χ0v) is 13.1. The molecule has 0 saturated carbocycles. The first-order valence-electron chi connectivity index (χ1n) is 6.63. The monoisotopic (exact) mass is 351 g/mol. The highest BCUT2D eigenvalue weighted by Gasteiger charge is 2.28. The molecule has 0 spiro atoms. The number of hydrogen-bond acceptors (Lipinski definition) is 3. The van der Waals surface area contributed by atoms with Crippen molar-refractivity contribution in [2.24, 2.45) is 5.73 Å². The Kier molecular flexibility index (Phi) is 3.87. The molecule has 2 atom stereocenters. The Hall–Kier alpha value is -1.59. The molecule has 110 valence electrons. The van der Waals surface area contributed by atoms with Gasteiger partial charge in [0.25, 0.3) is 0 Å². The van der Waals surface area contributed by atoms with Crippen LogP contribution in [0.4, 0.5) is 4.39 Å². The molecular weight excluding hydrogens is 337 g/mol. The number of methoxy groups -OCH3 is 1. The van der Waals surface area contributed by atoms with Gasteiger partial charge in [0.2, 0.25) is 0 Å². The molecule has 0 aliphatic carbocycles. The number of rotatable bonds is 2. The van der Waals surface area contributed by atoms with Crippen LogP contribution in [0, 0.1) is 5.82 Å². The number of ether oxygens (including phenoxy) is 2. The molecule has 5 heteroatoms. The summed E-state index contributed by atoms with van der Waals surface area (Å²) < 4.78 is 25.5. The normalized spacial score (nSPS) is 20.6. The van der Waals surface area contributed by atoms with E-state index >= 15 is 0 Å².